The van der Waals surface area contributed by atoms with E-state index >= 15 is 0 Å². The minimum absolute atomic E-state index is 0.0993. The molecule has 1 heterocycles. The van der Waals surface area contributed by atoms with Crippen molar-refractivity contribution in [3.8, 4) is 5.75 Å². The van der Waals surface area contributed by atoms with Gasteiger partial charge in [0.05, 0.1) is 25.0 Å². The van der Waals surface area contributed by atoms with E-state index in [1.165, 1.54) is 11.8 Å². The molecule has 0 unspecified atom stereocenters. The Bertz CT molecular complexity index is 1110. The van der Waals surface area contributed by atoms with E-state index in [4.69, 9.17) is 4.74 Å². The Labute approximate surface area is 191 Å². The molecule has 2 N–H and O–H groups in total. The average Bonchev–Trinajstić information content (AvgIpc) is 3.15. The topological polar surface area (TPSA) is 98.1 Å². The largest absolute Gasteiger partial charge is 0.495 e. The molecule has 0 spiro atoms. The normalized spacial score (nSPS) is 10.6. The van der Waals surface area contributed by atoms with Crippen molar-refractivity contribution in [1.82, 2.24) is 14.8 Å². The van der Waals surface area contributed by atoms with Gasteiger partial charge in [-0.15, -0.1) is 10.2 Å². The summed E-state index contributed by atoms with van der Waals surface area (Å²) in [5, 5.41) is 14.7. The molecule has 0 aliphatic carbocycles. The molecule has 168 valence electrons. The molecular weight excluding hydrogens is 426 g/mol. The third-order valence-corrected chi connectivity index (χ3v) is 5.76. The Morgan fingerprint density at radius 1 is 1.03 bits per heavy atom. The Hall–Kier alpha value is -3.33. The lowest BCUT2D eigenvalue weighted by atomic mass is 10.1. The van der Waals surface area contributed by atoms with Gasteiger partial charge in [-0.1, -0.05) is 41.6 Å². The lowest BCUT2D eigenvalue weighted by Crippen LogP contribution is -2.18. The van der Waals surface area contributed by atoms with Crippen molar-refractivity contribution in [3.63, 3.8) is 0 Å². The molecule has 8 nitrogen and oxygen atoms in total. The standard InChI is InChI=1S/C23H27N5O3S/c1-5-28-20(13-21(29)24-17-11-10-15(2)12-16(17)3)26-27-23(28)32-14-22(30)25-18-8-6-7-9-19(18)31-4/h6-12H,5,13-14H2,1-4H3,(H,24,29)(H,25,30). The highest BCUT2D eigenvalue weighted by Gasteiger charge is 2.17. The third kappa shape index (κ3) is 5.88. The van der Waals surface area contributed by atoms with Crippen LogP contribution in [0, 0.1) is 13.8 Å². The Balaban J connectivity index is 1.60. The van der Waals surface area contributed by atoms with Crippen molar-refractivity contribution >= 4 is 35.0 Å². The first-order valence-corrected chi connectivity index (χ1v) is 11.2. The fourth-order valence-electron chi connectivity index (χ4n) is 3.23. The molecule has 0 saturated heterocycles. The predicted octanol–water partition coefficient (Wildman–Crippen LogP) is 3.84. The maximum Gasteiger partial charge on any atom is 0.234 e. The first-order chi connectivity index (χ1) is 15.4. The molecule has 0 radical (unpaired) electrons. The monoisotopic (exact) mass is 453 g/mol. The number of rotatable bonds is 9. The molecule has 0 saturated carbocycles. The first-order valence-electron chi connectivity index (χ1n) is 10.3. The Morgan fingerprint density at radius 2 is 1.78 bits per heavy atom. The summed E-state index contributed by atoms with van der Waals surface area (Å²) in [5.41, 5.74) is 3.54. The van der Waals surface area contributed by atoms with Gasteiger partial charge in [0.2, 0.25) is 11.8 Å². The van der Waals surface area contributed by atoms with Gasteiger partial charge in [-0.3, -0.25) is 9.59 Å². The molecule has 0 fully saturated rings. The highest BCUT2D eigenvalue weighted by Crippen LogP contribution is 2.24. The molecule has 0 atom stereocenters. The number of aryl methyl sites for hydroxylation is 2. The van der Waals surface area contributed by atoms with Gasteiger partial charge in [-0.2, -0.15) is 0 Å². The van der Waals surface area contributed by atoms with Crippen LogP contribution < -0.4 is 15.4 Å². The highest BCUT2D eigenvalue weighted by molar-refractivity contribution is 7.99. The Morgan fingerprint density at radius 3 is 2.50 bits per heavy atom. The van der Waals surface area contributed by atoms with Crippen LogP contribution in [-0.2, 0) is 22.6 Å². The van der Waals surface area contributed by atoms with E-state index in [-0.39, 0.29) is 24.0 Å². The molecule has 2 amide bonds. The maximum atomic E-state index is 12.6. The zero-order valence-corrected chi connectivity index (χ0v) is 19.5. The molecule has 2 aromatic carbocycles. The number of hydrogen-bond donors (Lipinski definition) is 2. The number of hydrogen-bond acceptors (Lipinski definition) is 6. The lowest BCUT2D eigenvalue weighted by Gasteiger charge is -2.11. The molecule has 0 bridgehead atoms. The van der Waals surface area contributed by atoms with Gasteiger partial charge in [0.25, 0.3) is 0 Å². The van der Waals surface area contributed by atoms with Crippen LogP contribution in [0.2, 0.25) is 0 Å². The molecule has 1 aromatic heterocycles. The van der Waals surface area contributed by atoms with Crippen LogP contribution in [-0.4, -0.2) is 39.4 Å². The van der Waals surface area contributed by atoms with E-state index in [1.54, 1.807) is 19.2 Å². The van der Waals surface area contributed by atoms with Gasteiger partial charge >= 0.3 is 0 Å². The van der Waals surface area contributed by atoms with Crippen molar-refractivity contribution in [2.75, 3.05) is 23.5 Å². The van der Waals surface area contributed by atoms with Crippen molar-refractivity contribution in [2.24, 2.45) is 0 Å². The fourth-order valence-corrected chi connectivity index (χ4v) is 4.05. The van der Waals surface area contributed by atoms with Crippen molar-refractivity contribution in [3.05, 3.63) is 59.4 Å². The molecule has 0 aliphatic heterocycles. The molecule has 3 aromatic rings. The van der Waals surface area contributed by atoms with Crippen LogP contribution in [0.3, 0.4) is 0 Å². The summed E-state index contributed by atoms with van der Waals surface area (Å²) in [4.78, 5) is 24.9. The van der Waals surface area contributed by atoms with Gasteiger partial charge in [0.15, 0.2) is 5.16 Å². The van der Waals surface area contributed by atoms with Crippen LogP contribution in [0.5, 0.6) is 5.75 Å². The van der Waals surface area contributed by atoms with Crippen molar-refractivity contribution in [2.45, 2.75) is 38.9 Å². The fraction of sp³-hybridized carbons (Fsp3) is 0.304. The molecule has 32 heavy (non-hydrogen) atoms. The van der Waals surface area contributed by atoms with E-state index in [0.717, 1.165) is 16.8 Å². The number of benzene rings is 2. The minimum Gasteiger partial charge on any atom is -0.495 e. The second kappa shape index (κ2) is 10.8. The van der Waals surface area contributed by atoms with Gasteiger partial charge in [0.1, 0.15) is 11.6 Å². The van der Waals surface area contributed by atoms with Crippen LogP contribution in [0.4, 0.5) is 11.4 Å². The van der Waals surface area contributed by atoms with Crippen LogP contribution in [0.25, 0.3) is 0 Å². The summed E-state index contributed by atoms with van der Waals surface area (Å²) in [6.07, 6.45) is 0.0993. The van der Waals surface area contributed by atoms with Gasteiger partial charge in [-0.25, -0.2) is 0 Å². The summed E-state index contributed by atoms with van der Waals surface area (Å²) in [6.45, 7) is 6.52. The number of para-hydroxylation sites is 2. The van der Waals surface area contributed by atoms with Gasteiger partial charge < -0.3 is 19.9 Å². The number of ether oxygens (including phenoxy) is 1. The average molecular weight is 454 g/mol. The van der Waals surface area contributed by atoms with Crippen LogP contribution in [0.15, 0.2) is 47.6 Å². The number of nitrogens with one attached hydrogen (secondary N) is 2. The summed E-state index contributed by atoms with van der Waals surface area (Å²) in [7, 11) is 1.56. The number of carbonyl (C=O) groups excluding carboxylic acids is 2. The van der Waals surface area contributed by atoms with E-state index in [1.807, 2.05) is 55.7 Å². The van der Waals surface area contributed by atoms with Crippen molar-refractivity contribution in [1.29, 1.82) is 0 Å². The van der Waals surface area contributed by atoms with Crippen LogP contribution in [0.1, 0.15) is 23.9 Å². The molecule has 9 heteroatoms. The Kier molecular flexibility index (Phi) is 7.88. The number of anilines is 2. The highest BCUT2D eigenvalue weighted by atomic mass is 32.2. The zero-order valence-electron chi connectivity index (χ0n) is 18.6. The third-order valence-electron chi connectivity index (χ3n) is 4.80. The van der Waals surface area contributed by atoms with Crippen LogP contribution >= 0.6 is 11.8 Å². The van der Waals surface area contributed by atoms with Crippen molar-refractivity contribution < 1.29 is 14.3 Å². The second-order valence-corrected chi connectivity index (χ2v) is 8.17. The molecular formula is C23H27N5O3S. The number of nitrogens with zero attached hydrogens (tertiary/aromatic N) is 3. The summed E-state index contributed by atoms with van der Waals surface area (Å²) in [5.74, 6) is 0.969. The summed E-state index contributed by atoms with van der Waals surface area (Å²) >= 11 is 1.27. The number of carbonyl (C=O) groups is 2. The van der Waals surface area contributed by atoms with Gasteiger partial charge in [-0.05, 0) is 44.5 Å². The minimum atomic E-state index is -0.181. The number of methoxy groups -OCH3 is 1. The predicted molar refractivity (Wildman–Crippen MR) is 126 cm³/mol. The zero-order chi connectivity index (χ0) is 23.1. The quantitative estimate of drug-likeness (QED) is 0.478. The number of thioether (sulfide) groups is 1. The second-order valence-electron chi connectivity index (χ2n) is 7.22. The van der Waals surface area contributed by atoms with E-state index < -0.39 is 0 Å². The summed E-state index contributed by atoms with van der Waals surface area (Å²) < 4.78 is 7.11. The maximum absolute atomic E-state index is 12.6. The van der Waals surface area contributed by atoms with E-state index in [9.17, 15) is 9.59 Å². The molecule has 3 rings (SSSR count). The van der Waals surface area contributed by atoms with E-state index in [0.29, 0.717) is 29.0 Å². The summed E-state index contributed by atoms with van der Waals surface area (Å²) in [6, 6.07) is 13.1. The number of amides is 2. The molecule has 0 aliphatic rings. The van der Waals surface area contributed by atoms with Gasteiger partial charge in [0, 0.05) is 12.2 Å². The SMILES string of the molecule is CCn1c(CC(=O)Nc2ccc(C)cc2C)nnc1SCC(=O)Nc1ccccc1OC. The lowest BCUT2D eigenvalue weighted by molar-refractivity contribution is -0.116. The smallest absolute Gasteiger partial charge is 0.234 e. The number of aromatic nitrogens is 3. The van der Waals surface area contributed by atoms with E-state index in [2.05, 4.69) is 20.8 Å². The first kappa shape index (κ1) is 23.3.